The summed E-state index contributed by atoms with van der Waals surface area (Å²) in [7, 11) is 0. The van der Waals surface area contributed by atoms with Gasteiger partial charge in [0.15, 0.2) is 5.69 Å². The molecule has 3 rings (SSSR count). The van der Waals surface area contributed by atoms with E-state index < -0.39 is 11.8 Å². The van der Waals surface area contributed by atoms with E-state index in [1.54, 1.807) is 0 Å². The molecule has 1 heterocycles. The Balaban J connectivity index is 1.77. The van der Waals surface area contributed by atoms with Crippen LogP contribution in [-0.2, 0) is 11.3 Å². The first-order chi connectivity index (χ1) is 14.0. The van der Waals surface area contributed by atoms with Crippen LogP contribution < -0.4 is 16.8 Å². The van der Waals surface area contributed by atoms with Crippen LogP contribution in [-0.4, -0.2) is 39.6 Å². The number of nitrogens with two attached hydrogens (primary N) is 2. The minimum atomic E-state index is -0.789. The van der Waals surface area contributed by atoms with Gasteiger partial charge in [0.1, 0.15) is 11.4 Å². The molecule has 1 aliphatic carbocycles. The lowest BCUT2D eigenvalue weighted by atomic mass is 9.95. The van der Waals surface area contributed by atoms with E-state index in [-0.39, 0.29) is 41.3 Å². The molecule has 0 unspecified atom stereocenters. The van der Waals surface area contributed by atoms with Crippen LogP contribution in [0.2, 0.25) is 0 Å². The number of hydrogen-bond acceptors (Lipinski definition) is 6. The number of amides is 3. The van der Waals surface area contributed by atoms with Gasteiger partial charge in [0.2, 0.25) is 5.91 Å². The van der Waals surface area contributed by atoms with Gasteiger partial charge in [0.05, 0.1) is 5.69 Å². The predicted octanol–water partition coefficient (Wildman–Crippen LogP) is 1.92. The Morgan fingerprint density at radius 1 is 1.14 bits per heavy atom. The molecular formula is C20H25N5O3S. The van der Waals surface area contributed by atoms with E-state index in [0.717, 1.165) is 42.8 Å². The molecule has 29 heavy (non-hydrogen) atoms. The fourth-order valence-corrected chi connectivity index (χ4v) is 4.24. The molecule has 8 nitrogen and oxygen atoms in total. The summed E-state index contributed by atoms with van der Waals surface area (Å²) < 4.78 is 3.89. The minimum absolute atomic E-state index is 0.0433. The Morgan fingerprint density at radius 2 is 1.83 bits per heavy atom. The molecule has 0 radical (unpaired) electrons. The fourth-order valence-electron chi connectivity index (χ4n) is 3.47. The highest BCUT2D eigenvalue weighted by Gasteiger charge is 2.27. The lowest BCUT2D eigenvalue weighted by Crippen LogP contribution is -2.44. The van der Waals surface area contributed by atoms with Crippen molar-refractivity contribution in [3.63, 3.8) is 0 Å². The molecule has 0 saturated heterocycles. The van der Waals surface area contributed by atoms with Crippen LogP contribution in [0.4, 0.5) is 5.69 Å². The molecule has 154 valence electrons. The third kappa shape index (κ3) is 5.32. The molecule has 9 heteroatoms. The number of nitrogens with one attached hydrogen (secondary N) is 1. The normalized spacial score (nSPS) is 14.3. The van der Waals surface area contributed by atoms with Crippen molar-refractivity contribution in [2.45, 2.75) is 44.7 Å². The van der Waals surface area contributed by atoms with Crippen LogP contribution in [0, 0.1) is 0 Å². The van der Waals surface area contributed by atoms with E-state index >= 15 is 0 Å². The van der Waals surface area contributed by atoms with Gasteiger partial charge in [-0.25, -0.2) is 0 Å². The van der Waals surface area contributed by atoms with Crippen LogP contribution in [0.1, 0.15) is 57.8 Å². The Morgan fingerprint density at radius 3 is 2.45 bits per heavy atom. The van der Waals surface area contributed by atoms with E-state index in [1.165, 1.54) is 11.3 Å². The number of anilines is 1. The quantitative estimate of drug-likeness (QED) is 0.636. The SMILES string of the molecule is NC(=O)c1nsc(C(=O)N(CC(=O)NC2CCCCC2)Cc2ccccc2)c1N. The van der Waals surface area contributed by atoms with Gasteiger partial charge in [-0.1, -0.05) is 49.6 Å². The highest BCUT2D eigenvalue weighted by Crippen LogP contribution is 2.24. The summed E-state index contributed by atoms with van der Waals surface area (Å²) in [6.07, 6.45) is 5.32. The summed E-state index contributed by atoms with van der Waals surface area (Å²) in [5.41, 5.74) is 11.9. The van der Waals surface area contributed by atoms with E-state index in [0.29, 0.717) is 0 Å². The molecule has 0 spiro atoms. The van der Waals surface area contributed by atoms with Crippen molar-refractivity contribution in [1.29, 1.82) is 0 Å². The largest absolute Gasteiger partial charge is 0.395 e. The van der Waals surface area contributed by atoms with Gasteiger partial charge in [0, 0.05) is 12.6 Å². The topological polar surface area (TPSA) is 131 Å². The highest BCUT2D eigenvalue weighted by molar-refractivity contribution is 7.09. The van der Waals surface area contributed by atoms with E-state index in [1.807, 2.05) is 30.3 Å². The van der Waals surface area contributed by atoms with Gasteiger partial charge in [-0.15, -0.1) is 0 Å². The van der Waals surface area contributed by atoms with E-state index in [2.05, 4.69) is 9.69 Å². The molecule has 1 aromatic carbocycles. The van der Waals surface area contributed by atoms with Crippen molar-refractivity contribution >= 4 is 34.9 Å². The molecule has 2 aromatic rings. The zero-order chi connectivity index (χ0) is 20.8. The molecule has 0 aliphatic heterocycles. The van der Waals surface area contributed by atoms with E-state index in [4.69, 9.17) is 11.5 Å². The lowest BCUT2D eigenvalue weighted by Gasteiger charge is -2.26. The number of carbonyl (C=O) groups is 3. The van der Waals surface area contributed by atoms with Crippen molar-refractivity contribution in [3.05, 3.63) is 46.5 Å². The summed E-state index contributed by atoms with van der Waals surface area (Å²) in [5.74, 6) is -1.45. The third-order valence-corrected chi connectivity index (χ3v) is 5.81. The minimum Gasteiger partial charge on any atom is -0.395 e. The molecular weight excluding hydrogens is 390 g/mol. The first-order valence-corrected chi connectivity index (χ1v) is 10.4. The van der Waals surface area contributed by atoms with Crippen molar-refractivity contribution in [3.8, 4) is 0 Å². The monoisotopic (exact) mass is 415 g/mol. The standard InChI is InChI=1S/C20H25N5O3S/c21-16-17(19(22)27)24-29-18(16)20(28)25(11-13-7-3-1-4-8-13)12-15(26)23-14-9-5-2-6-10-14/h1,3-4,7-8,14H,2,5-6,9-12,21H2,(H2,22,27)(H,23,26). The summed E-state index contributed by atoms with van der Waals surface area (Å²) in [6, 6.07) is 9.53. The van der Waals surface area contributed by atoms with Crippen LogP contribution in [0.3, 0.4) is 0 Å². The van der Waals surface area contributed by atoms with Crippen molar-refractivity contribution in [2.75, 3.05) is 12.3 Å². The number of rotatable bonds is 7. The molecule has 3 amide bonds. The number of hydrogen-bond donors (Lipinski definition) is 3. The van der Waals surface area contributed by atoms with Crippen molar-refractivity contribution in [2.24, 2.45) is 5.73 Å². The van der Waals surface area contributed by atoms with Crippen LogP contribution in [0.5, 0.6) is 0 Å². The van der Waals surface area contributed by atoms with Gasteiger partial charge < -0.3 is 21.7 Å². The maximum Gasteiger partial charge on any atom is 0.270 e. The molecule has 1 aliphatic rings. The number of benzene rings is 1. The van der Waals surface area contributed by atoms with Gasteiger partial charge in [0.25, 0.3) is 11.8 Å². The average molecular weight is 416 g/mol. The predicted molar refractivity (Wildman–Crippen MR) is 111 cm³/mol. The summed E-state index contributed by atoms with van der Waals surface area (Å²) >= 11 is 0.815. The Kier molecular flexibility index (Phi) is 6.82. The Hall–Kier alpha value is -2.94. The highest BCUT2D eigenvalue weighted by atomic mass is 32.1. The number of carbonyl (C=O) groups excluding carboxylic acids is 3. The molecule has 5 N–H and O–H groups in total. The number of primary amides is 1. The third-order valence-electron chi connectivity index (χ3n) is 4.96. The average Bonchev–Trinajstić information content (AvgIpc) is 3.10. The van der Waals surface area contributed by atoms with Gasteiger partial charge >= 0.3 is 0 Å². The van der Waals surface area contributed by atoms with Crippen LogP contribution in [0.15, 0.2) is 30.3 Å². The van der Waals surface area contributed by atoms with Crippen LogP contribution >= 0.6 is 11.5 Å². The molecule has 0 bridgehead atoms. The Labute approximate surface area is 173 Å². The van der Waals surface area contributed by atoms with Crippen molar-refractivity contribution < 1.29 is 14.4 Å². The zero-order valence-electron chi connectivity index (χ0n) is 16.1. The molecule has 0 atom stereocenters. The van der Waals surface area contributed by atoms with Crippen LogP contribution in [0.25, 0.3) is 0 Å². The van der Waals surface area contributed by atoms with E-state index in [9.17, 15) is 14.4 Å². The number of aromatic nitrogens is 1. The second-order valence-electron chi connectivity index (χ2n) is 7.19. The first kappa shape index (κ1) is 20.8. The molecule has 1 fully saturated rings. The first-order valence-electron chi connectivity index (χ1n) is 9.63. The Bertz CT molecular complexity index is 877. The maximum atomic E-state index is 13.1. The fraction of sp³-hybridized carbons (Fsp3) is 0.400. The summed E-state index contributed by atoms with van der Waals surface area (Å²) in [4.78, 5) is 38.7. The number of nitrogens with zero attached hydrogens (tertiary/aromatic N) is 2. The molecule has 1 aromatic heterocycles. The van der Waals surface area contributed by atoms with Crippen molar-refractivity contribution in [1.82, 2.24) is 14.6 Å². The number of nitrogen functional groups attached to an aromatic ring is 1. The second-order valence-corrected chi connectivity index (χ2v) is 7.96. The van der Waals surface area contributed by atoms with Gasteiger partial charge in [-0.3, -0.25) is 14.4 Å². The smallest absolute Gasteiger partial charge is 0.270 e. The maximum absolute atomic E-state index is 13.1. The summed E-state index contributed by atoms with van der Waals surface area (Å²) in [6.45, 7) is 0.133. The van der Waals surface area contributed by atoms with Gasteiger partial charge in [-0.2, -0.15) is 4.37 Å². The van der Waals surface area contributed by atoms with Gasteiger partial charge in [-0.05, 0) is 29.9 Å². The summed E-state index contributed by atoms with van der Waals surface area (Å²) in [5, 5.41) is 3.03. The molecule has 1 saturated carbocycles. The lowest BCUT2D eigenvalue weighted by molar-refractivity contribution is -0.122. The zero-order valence-corrected chi connectivity index (χ0v) is 16.9. The second kappa shape index (κ2) is 9.51.